The molecular weight excluding hydrogens is 284 g/mol. The second kappa shape index (κ2) is 6.57. The van der Waals surface area contributed by atoms with E-state index in [9.17, 15) is 9.90 Å². The number of carboxylic acids is 1. The zero-order valence-electron chi connectivity index (χ0n) is 14.7. The van der Waals surface area contributed by atoms with Crippen LogP contribution in [0.1, 0.15) is 54.5 Å². The second-order valence-electron chi connectivity index (χ2n) is 7.40. The summed E-state index contributed by atoms with van der Waals surface area (Å²) in [5.74, 6) is -1.27. The van der Waals surface area contributed by atoms with E-state index in [0.29, 0.717) is 6.42 Å². The molecule has 0 saturated carbocycles. The number of aliphatic carboxylic acids is 1. The van der Waals surface area contributed by atoms with Crippen LogP contribution in [0, 0.1) is 13.8 Å². The van der Waals surface area contributed by atoms with E-state index >= 15 is 0 Å². The molecule has 0 aliphatic carbocycles. The smallest absolute Gasteiger partial charge is 0.311 e. The molecule has 0 bridgehead atoms. The number of rotatable bonds is 4. The van der Waals surface area contributed by atoms with Crippen molar-refractivity contribution >= 4 is 5.97 Å². The summed E-state index contributed by atoms with van der Waals surface area (Å²) in [4.78, 5) is 11.8. The Labute approximate surface area is 139 Å². The van der Waals surface area contributed by atoms with Crippen molar-refractivity contribution in [1.29, 1.82) is 0 Å². The average Bonchev–Trinajstić information content (AvgIpc) is 2.47. The predicted octanol–water partition coefficient (Wildman–Crippen LogP) is 5.01. The van der Waals surface area contributed by atoms with E-state index in [1.54, 1.807) is 0 Å². The maximum atomic E-state index is 11.8. The van der Waals surface area contributed by atoms with Crippen LogP contribution in [0.25, 0.3) is 0 Å². The summed E-state index contributed by atoms with van der Waals surface area (Å²) in [5, 5.41) is 9.69. The molecule has 0 amide bonds. The molecule has 0 saturated heterocycles. The molecule has 0 fully saturated rings. The first kappa shape index (κ1) is 17.3. The SMILES string of the molecule is Cc1ccc(C)c(C(Cc2ccc(C(C)(C)C)cc2)C(=O)O)c1. The molecule has 2 heteroatoms. The lowest BCUT2D eigenvalue weighted by Crippen LogP contribution is -2.16. The first-order chi connectivity index (χ1) is 10.7. The molecule has 0 aliphatic rings. The van der Waals surface area contributed by atoms with Crippen LogP contribution in [-0.4, -0.2) is 11.1 Å². The highest BCUT2D eigenvalue weighted by molar-refractivity contribution is 5.77. The molecule has 2 nitrogen and oxygen atoms in total. The minimum absolute atomic E-state index is 0.109. The summed E-state index contributed by atoms with van der Waals surface area (Å²) in [6.45, 7) is 10.5. The van der Waals surface area contributed by atoms with Crippen molar-refractivity contribution in [1.82, 2.24) is 0 Å². The third kappa shape index (κ3) is 4.22. The van der Waals surface area contributed by atoms with E-state index < -0.39 is 11.9 Å². The lowest BCUT2D eigenvalue weighted by Gasteiger charge is -2.20. The van der Waals surface area contributed by atoms with E-state index in [2.05, 4.69) is 45.0 Å². The number of hydrogen-bond donors (Lipinski definition) is 1. The van der Waals surface area contributed by atoms with Crippen molar-refractivity contribution in [3.8, 4) is 0 Å². The molecule has 1 atom stereocenters. The molecule has 0 aliphatic heterocycles. The van der Waals surface area contributed by atoms with Crippen LogP contribution in [0.3, 0.4) is 0 Å². The minimum atomic E-state index is -0.765. The lowest BCUT2D eigenvalue weighted by atomic mass is 9.84. The first-order valence-corrected chi connectivity index (χ1v) is 8.08. The van der Waals surface area contributed by atoms with E-state index in [4.69, 9.17) is 0 Å². The Bertz CT molecular complexity index is 691. The van der Waals surface area contributed by atoms with Gasteiger partial charge in [-0.1, -0.05) is 68.8 Å². The van der Waals surface area contributed by atoms with Crippen LogP contribution in [0.2, 0.25) is 0 Å². The highest BCUT2D eigenvalue weighted by Crippen LogP contribution is 2.27. The van der Waals surface area contributed by atoms with Gasteiger partial charge in [0, 0.05) is 0 Å². The summed E-state index contributed by atoms with van der Waals surface area (Å²) in [6, 6.07) is 14.4. The Morgan fingerprint density at radius 2 is 1.65 bits per heavy atom. The van der Waals surface area contributed by atoms with Gasteiger partial charge >= 0.3 is 5.97 Å². The molecule has 0 heterocycles. The van der Waals surface area contributed by atoms with Crippen molar-refractivity contribution in [2.45, 2.75) is 52.4 Å². The number of hydrogen-bond acceptors (Lipinski definition) is 1. The van der Waals surface area contributed by atoms with Crippen LogP contribution in [-0.2, 0) is 16.6 Å². The summed E-state index contributed by atoms with van der Waals surface area (Å²) in [6.07, 6.45) is 0.518. The third-order valence-corrected chi connectivity index (χ3v) is 4.37. The van der Waals surface area contributed by atoms with Gasteiger partial charge < -0.3 is 5.11 Å². The molecule has 2 rings (SSSR count). The lowest BCUT2D eigenvalue weighted by molar-refractivity contribution is -0.138. The Morgan fingerprint density at radius 1 is 1.04 bits per heavy atom. The molecule has 122 valence electrons. The van der Waals surface area contributed by atoms with Crippen molar-refractivity contribution in [3.63, 3.8) is 0 Å². The van der Waals surface area contributed by atoms with Crippen molar-refractivity contribution in [2.75, 3.05) is 0 Å². The van der Waals surface area contributed by atoms with Gasteiger partial charge in [-0.3, -0.25) is 4.79 Å². The van der Waals surface area contributed by atoms with Gasteiger partial charge in [0.25, 0.3) is 0 Å². The van der Waals surface area contributed by atoms with Gasteiger partial charge in [0.05, 0.1) is 5.92 Å². The van der Waals surface area contributed by atoms with Gasteiger partial charge in [-0.25, -0.2) is 0 Å². The fourth-order valence-electron chi connectivity index (χ4n) is 2.84. The molecule has 0 spiro atoms. The summed E-state index contributed by atoms with van der Waals surface area (Å²) < 4.78 is 0. The predicted molar refractivity (Wildman–Crippen MR) is 95.1 cm³/mol. The number of carbonyl (C=O) groups is 1. The summed E-state index contributed by atoms with van der Waals surface area (Å²) in [5.41, 5.74) is 5.48. The molecular formula is C21H26O2. The van der Waals surface area contributed by atoms with Gasteiger partial charge in [0.2, 0.25) is 0 Å². The maximum Gasteiger partial charge on any atom is 0.311 e. The molecule has 0 aromatic heterocycles. The Hall–Kier alpha value is -2.09. The highest BCUT2D eigenvalue weighted by atomic mass is 16.4. The molecule has 0 radical (unpaired) electrons. The topological polar surface area (TPSA) is 37.3 Å². The third-order valence-electron chi connectivity index (χ3n) is 4.37. The van der Waals surface area contributed by atoms with Crippen LogP contribution < -0.4 is 0 Å². The molecule has 2 aromatic carbocycles. The maximum absolute atomic E-state index is 11.8. The minimum Gasteiger partial charge on any atom is -0.481 e. The zero-order valence-corrected chi connectivity index (χ0v) is 14.7. The Kier molecular flexibility index (Phi) is 4.93. The fraction of sp³-hybridized carbons (Fsp3) is 0.381. The monoisotopic (exact) mass is 310 g/mol. The van der Waals surface area contributed by atoms with Gasteiger partial charge in [-0.05, 0) is 47.9 Å². The van der Waals surface area contributed by atoms with Crippen molar-refractivity contribution < 1.29 is 9.90 Å². The summed E-state index contributed by atoms with van der Waals surface area (Å²) in [7, 11) is 0. The largest absolute Gasteiger partial charge is 0.481 e. The fourth-order valence-corrected chi connectivity index (χ4v) is 2.84. The Balaban J connectivity index is 2.30. The zero-order chi connectivity index (χ0) is 17.2. The van der Waals surface area contributed by atoms with Crippen LogP contribution >= 0.6 is 0 Å². The second-order valence-corrected chi connectivity index (χ2v) is 7.40. The normalized spacial score (nSPS) is 12.9. The highest BCUT2D eigenvalue weighted by Gasteiger charge is 2.22. The molecule has 1 unspecified atom stereocenters. The van der Waals surface area contributed by atoms with E-state index in [1.807, 2.05) is 32.0 Å². The van der Waals surface area contributed by atoms with Crippen LogP contribution in [0.15, 0.2) is 42.5 Å². The standard InChI is InChI=1S/C21H26O2/c1-14-6-7-15(2)18(12-14)19(20(22)23)13-16-8-10-17(11-9-16)21(3,4)5/h6-12,19H,13H2,1-5H3,(H,22,23). The van der Waals surface area contributed by atoms with E-state index in [-0.39, 0.29) is 5.41 Å². The van der Waals surface area contributed by atoms with E-state index in [0.717, 1.165) is 22.3 Å². The molecule has 23 heavy (non-hydrogen) atoms. The first-order valence-electron chi connectivity index (χ1n) is 8.08. The number of carboxylic acid groups (broad SMARTS) is 1. The quantitative estimate of drug-likeness (QED) is 0.861. The summed E-state index contributed by atoms with van der Waals surface area (Å²) >= 11 is 0. The number of benzene rings is 2. The molecule has 2 aromatic rings. The van der Waals surface area contributed by atoms with Crippen molar-refractivity contribution in [3.05, 3.63) is 70.3 Å². The average molecular weight is 310 g/mol. The van der Waals surface area contributed by atoms with Crippen LogP contribution in [0.4, 0.5) is 0 Å². The van der Waals surface area contributed by atoms with Crippen molar-refractivity contribution in [2.24, 2.45) is 0 Å². The van der Waals surface area contributed by atoms with Gasteiger partial charge in [-0.15, -0.1) is 0 Å². The van der Waals surface area contributed by atoms with Gasteiger partial charge in [0.15, 0.2) is 0 Å². The van der Waals surface area contributed by atoms with Gasteiger partial charge in [0.1, 0.15) is 0 Å². The van der Waals surface area contributed by atoms with Gasteiger partial charge in [-0.2, -0.15) is 0 Å². The number of aryl methyl sites for hydroxylation is 2. The van der Waals surface area contributed by atoms with E-state index in [1.165, 1.54) is 5.56 Å². The Morgan fingerprint density at radius 3 is 2.17 bits per heavy atom. The molecule has 1 N–H and O–H groups in total. The van der Waals surface area contributed by atoms with Crippen LogP contribution in [0.5, 0.6) is 0 Å².